The molecular weight excluding hydrogens is 292 g/mol. The largest absolute Gasteiger partial charge is 0.493 e. The van der Waals surface area contributed by atoms with Crippen molar-refractivity contribution in [3.8, 4) is 17.6 Å². The highest BCUT2D eigenvalue weighted by molar-refractivity contribution is 5.81. The molecule has 23 heavy (non-hydrogen) atoms. The second-order valence-corrected chi connectivity index (χ2v) is 5.86. The van der Waals surface area contributed by atoms with Gasteiger partial charge in [-0.1, -0.05) is 6.07 Å². The van der Waals surface area contributed by atoms with Gasteiger partial charge in [0.15, 0.2) is 11.5 Å². The maximum absolute atomic E-state index is 12.2. The van der Waals surface area contributed by atoms with Gasteiger partial charge >= 0.3 is 0 Å². The first-order valence-electron chi connectivity index (χ1n) is 8.11. The molecule has 0 aliphatic carbocycles. The Morgan fingerprint density at radius 3 is 2.74 bits per heavy atom. The van der Waals surface area contributed by atoms with Crippen LogP contribution in [0.5, 0.6) is 11.5 Å². The minimum atomic E-state index is -0.559. The second-order valence-electron chi connectivity index (χ2n) is 5.86. The van der Waals surface area contributed by atoms with Crippen LogP contribution < -0.4 is 9.47 Å². The Morgan fingerprint density at radius 1 is 1.35 bits per heavy atom. The fourth-order valence-electron chi connectivity index (χ4n) is 2.76. The van der Waals surface area contributed by atoms with Gasteiger partial charge in [-0.2, -0.15) is 5.26 Å². The topological polar surface area (TPSA) is 62.6 Å². The van der Waals surface area contributed by atoms with E-state index < -0.39 is 5.92 Å². The Hall–Kier alpha value is -2.22. The summed E-state index contributed by atoms with van der Waals surface area (Å²) >= 11 is 0. The monoisotopic (exact) mass is 316 g/mol. The summed E-state index contributed by atoms with van der Waals surface area (Å²) in [5.41, 5.74) is 1.11. The highest BCUT2D eigenvalue weighted by Gasteiger charge is 2.25. The average Bonchev–Trinajstić information content (AvgIpc) is 3.10. The molecule has 5 heteroatoms. The number of aryl methyl sites for hydroxylation is 1. The van der Waals surface area contributed by atoms with Gasteiger partial charge in [-0.3, -0.25) is 4.79 Å². The predicted molar refractivity (Wildman–Crippen MR) is 87.4 cm³/mol. The summed E-state index contributed by atoms with van der Waals surface area (Å²) in [6, 6.07) is 7.90. The van der Waals surface area contributed by atoms with Gasteiger partial charge < -0.3 is 14.4 Å². The van der Waals surface area contributed by atoms with E-state index in [1.807, 2.05) is 25.1 Å². The Balaban J connectivity index is 1.80. The van der Waals surface area contributed by atoms with E-state index in [0.717, 1.165) is 31.5 Å². The number of amides is 1. The van der Waals surface area contributed by atoms with Gasteiger partial charge in [-0.05, 0) is 50.3 Å². The molecule has 0 N–H and O–H groups in total. The fourth-order valence-corrected chi connectivity index (χ4v) is 2.76. The predicted octanol–water partition coefficient (Wildman–Crippen LogP) is 2.92. The van der Waals surface area contributed by atoms with Crippen LogP contribution in [0.3, 0.4) is 0 Å². The van der Waals surface area contributed by atoms with Crippen LogP contribution in [0.25, 0.3) is 0 Å². The van der Waals surface area contributed by atoms with Crippen molar-refractivity contribution in [3.05, 3.63) is 23.8 Å². The van der Waals surface area contributed by atoms with Crippen molar-refractivity contribution < 1.29 is 14.3 Å². The molecule has 0 saturated carbocycles. The first-order chi connectivity index (χ1) is 11.2. The van der Waals surface area contributed by atoms with Crippen molar-refractivity contribution >= 4 is 5.91 Å². The van der Waals surface area contributed by atoms with E-state index in [0.29, 0.717) is 30.9 Å². The Kier molecular flexibility index (Phi) is 6.28. The number of methoxy groups -OCH3 is 1. The number of nitrogens with zero attached hydrogens (tertiary/aromatic N) is 2. The highest BCUT2D eigenvalue weighted by atomic mass is 16.5. The normalized spacial score (nSPS) is 15.1. The summed E-state index contributed by atoms with van der Waals surface area (Å²) in [5, 5.41) is 9.23. The Bertz CT molecular complexity index is 574. The zero-order valence-corrected chi connectivity index (χ0v) is 13.9. The smallest absolute Gasteiger partial charge is 0.239 e. The number of likely N-dealkylation sites (tertiary alicyclic amines) is 1. The van der Waals surface area contributed by atoms with E-state index >= 15 is 0 Å². The third kappa shape index (κ3) is 4.62. The number of rotatable bonds is 7. The number of benzene rings is 1. The molecule has 1 aromatic rings. The minimum absolute atomic E-state index is 0.0297. The van der Waals surface area contributed by atoms with Crippen molar-refractivity contribution in [3.63, 3.8) is 0 Å². The van der Waals surface area contributed by atoms with E-state index in [1.54, 1.807) is 12.0 Å². The number of ether oxygens (including phenoxy) is 2. The standard InChI is InChI=1S/C18H24N2O3/c1-14-7-8-16(17(12-14)22-2)23-11-5-6-15(13-19)18(21)20-9-3-4-10-20/h7-8,12,15H,3-6,9-11H2,1-2H3. The van der Waals surface area contributed by atoms with Gasteiger partial charge in [0.05, 0.1) is 19.8 Å². The van der Waals surface area contributed by atoms with Crippen molar-refractivity contribution in [1.29, 1.82) is 5.26 Å². The number of nitriles is 1. The highest BCUT2D eigenvalue weighted by Crippen LogP contribution is 2.28. The maximum atomic E-state index is 12.2. The first-order valence-corrected chi connectivity index (χ1v) is 8.11. The molecule has 1 aromatic carbocycles. The van der Waals surface area contributed by atoms with E-state index in [1.165, 1.54) is 0 Å². The van der Waals surface area contributed by atoms with Crippen molar-refractivity contribution in [2.45, 2.75) is 32.6 Å². The van der Waals surface area contributed by atoms with Gasteiger partial charge in [-0.25, -0.2) is 0 Å². The fraction of sp³-hybridized carbons (Fsp3) is 0.556. The molecule has 1 heterocycles. The molecule has 1 unspecified atom stereocenters. The van der Waals surface area contributed by atoms with E-state index in [9.17, 15) is 10.1 Å². The summed E-state index contributed by atoms with van der Waals surface area (Å²) < 4.78 is 11.0. The molecule has 0 radical (unpaired) electrons. The lowest BCUT2D eigenvalue weighted by Crippen LogP contribution is -2.33. The first kappa shape index (κ1) is 17.1. The molecule has 124 valence electrons. The molecule has 0 aromatic heterocycles. The third-order valence-electron chi connectivity index (χ3n) is 4.09. The Morgan fingerprint density at radius 2 is 2.09 bits per heavy atom. The van der Waals surface area contributed by atoms with Crippen LogP contribution >= 0.6 is 0 Å². The maximum Gasteiger partial charge on any atom is 0.239 e. The SMILES string of the molecule is COc1cc(C)ccc1OCCCC(C#N)C(=O)N1CCCC1. The molecule has 1 saturated heterocycles. The summed E-state index contributed by atoms with van der Waals surface area (Å²) in [7, 11) is 1.61. The van der Waals surface area contributed by atoms with E-state index in [2.05, 4.69) is 6.07 Å². The molecule has 1 amide bonds. The zero-order chi connectivity index (χ0) is 16.7. The second kappa shape index (κ2) is 8.42. The van der Waals surface area contributed by atoms with Crippen LogP contribution in [0.4, 0.5) is 0 Å². The van der Waals surface area contributed by atoms with Crippen LogP contribution in [-0.2, 0) is 4.79 Å². The van der Waals surface area contributed by atoms with Crippen LogP contribution in [0.15, 0.2) is 18.2 Å². The summed E-state index contributed by atoms with van der Waals surface area (Å²) in [5.74, 6) is 0.807. The third-order valence-corrected chi connectivity index (χ3v) is 4.09. The number of carbonyl (C=O) groups is 1. The molecule has 0 bridgehead atoms. The molecule has 5 nitrogen and oxygen atoms in total. The van der Waals surface area contributed by atoms with E-state index in [-0.39, 0.29) is 5.91 Å². The molecule has 1 atom stereocenters. The van der Waals surface area contributed by atoms with Crippen LogP contribution in [0.1, 0.15) is 31.2 Å². The molecule has 1 aliphatic rings. The number of hydrogen-bond donors (Lipinski definition) is 0. The lowest BCUT2D eigenvalue weighted by atomic mass is 10.0. The van der Waals surface area contributed by atoms with Gasteiger partial charge in [-0.15, -0.1) is 0 Å². The summed E-state index contributed by atoms with van der Waals surface area (Å²) in [4.78, 5) is 14.0. The van der Waals surface area contributed by atoms with Gasteiger partial charge in [0.1, 0.15) is 5.92 Å². The van der Waals surface area contributed by atoms with Crippen LogP contribution in [0.2, 0.25) is 0 Å². The Labute approximate surface area is 137 Å². The zero-order valence-electron chi connectivity index (χ0n) is 13.9. The molecule has 1 aliphatic heterocycles. The van der Waals surface area contributed by atoms with Gasteiger partial charge in [0.2, 0.25) is 5.91 Å². The molecule has 1 fully saturated rings. The van der Waals surface area contributed by atoms with Crippen LogP contribution in [0, 0.1) is 24.2 Å². The molecular formula is C18H24N2O3. The average molecular weight is 316 g/mol. The van der Waals surface area contributed by atoms with Crippen molar-refractivity contribution in [2.24, 2.45) is 5.92 Å². The van der Waals surface area contributed by atoms with E-state index in [4.69, 9.17) is 9.47 Å². The van der Waals surface area contributed by atoms with Crippen molar-refractivity contribution in [2.75, 3.05) is 26.8 Å². The quantitative estimate of drug-likeness (QED) is 0.726. The molecule has 0 spiro atoms. The lowest BCUT2D eigenvalue weighted by molar-refractivity contribution is -0.132. The minimum Gasteiger partial charge on any atom is -0.493 e. The van der Waals surface area contributed by atoms with Gasteiger partial charge in [0.25, 0.3) is 0 Å². The lowest BCUT2D eigenvalue weighted by Gasteiger charge is -2.18. The number of hydrogen-bond acceptors (Lipinski definition) is 4. The summed E-state index contributed by atoms with van der Waals surface area (Å²) in [6.07, 6.45) is 3.27. The molecule has 2 rings (SSSR count). The number of carbonyl (C=O) groups excluding carboxylic acids is 1. The van der Waals surface area contributed by atoms with Gasteiger partial charge in [0, 0.05) is 13.1 Å². The van der Waals surface area contributed by atoms with Crippen molar-refractivity contribution in [1.82, 2.24) is 4.90 Å². The summed E-state index contributed by atoms with van der Waals surface area (Å²) in [6.45, 7) is 4.03. The van der Waals surface area contributed by atoms with Crippen LogP contribution in [-0.4, -0.2) is 37.6 Å².